The van der Waals surface area contributed by atoms with Crippen LogP contribution in [0.4, 0.5) is 0 Å². The first kappa shape index (κ1) is 14.0. The summed E-state index contributed by atoms with van der Waals surface area (Å²) in [4.78, 5) is 0.329. The summed E-state index contributed by atoms with van der Waals surface area (Å²) in [5, 5.41) is 0. The van der Waals surface area contributed by atoms with E-state index < -0.39 is 10.0 Å². The predicted molar refractivity (Wildman–Crippen MR) is 78.6 cm³/mol. The molecule has 0 aliphatic heterocycles. The molecule has 0 aromatic heterocycles. The van der Waals surface area contributed by atoms with Crippen LogP contribution in [0.1, 0.15) is 44.2 Å². The highest BCUT2D eigenvalue weighted by Crippen LogP contribution is 2.44. The molecular weight excluding hydrogens is 272 g/mol. The van der Waals surface area contributed by atoms with Gasteiger partial charge >= 0.3 is 0 Å². The number of benzene rings is 1. The van der Waals surface area contributed by atoms with Crippen LogP contribution < -0.4 is 10.5 Å². The lowest BCUT2D eigenvalue weighted by atomic mass is 9.96. The van der Waals surface area contributed by atoms with Gasteiger partial charge in [-0.3, -0.25) is 0 Å². The van der Waals surface area contributed by atoms with Gasteiger partial charge in [0, 0.05) is 12.1 Å². The molecule has 0 heterocycles. The SMILES string of the molecule is CC(N)c1cccc(S(=O)(=O)NC2CC3CCC2C3)c1. The monoisotopic (exact) mass is 294 g/mol. The lowest BCUT2D eigenvalue weighted by Crippen LogP contribution is -2.38. The molecule has 0 spiro atoms. The molecule has 1 aromatic rings. The van der Waals surface area contributed by atoms with Gasteiger partial charge in [0.1, 0.15) is 0 Å². The molecule has 5 heteroatoms. The van der Waals surface area contributed by atoms with E-state index in [2.05, 4.69) is 4.72 Å². The standard InChI is InChI=1S/C15H22N2O2S/c1-10(16)12-3-2-4-14(9-12)20(18,19)17-15-8-11-5-6-13(15)7-11/h2-4,9-11,13,15,17H,5-8,16H2,1H3. The number of sulfonamides is 1. The Balaban J connectivity index is 1.79. The molecule has 110 valence electrons. The number of fused-ring (bicyclic) bond motifs is 2. The lowest BCUT2D eigenvalue weighted by molar-refractivity contribution is 0.390. The van der Waals surface area contributed by atoms with Crippen molar-refractivity contribution in [3.05, 3.63) is 29.8 Å². The number of hydrogen-bond donors (Lipinski definition) is 2. The number of rotatable bonds is 4. The highest BCUT2D eigenvalue weighted by molar-refractivity contribution is 7.89. The maximum absolute atomic E-state index is 12.5. The van der Waals surface area contributed by atoms with Crippen molar-refractivity contribution in [2.24, 2.45) is 17.6 Å². The third-order valence-electron chi connectivity index (χ3n) is 4.74. The minimum absolute atomic E-state index is 0.123. The van der Waals surface area contributed by atoms with Crippen LogP contribution in [-0.2, 0) is 10.0 Å². The van der Waals surface area contributed by atoms with Gasteiger partial charge in [-0.05, 0) is 55.7 Å². The first-order valence-corrected chi connectivity index (χ1v) is 8.82. The summed E-state index contributed by atoms with van der Waals surface area (Å²) in [7, 11) is -3.43. The molecule has 2 saturated carbocycles. The average Bonchev–Trinajstić information content (AvgIpc) is 3.00. The second-order valence-electron chi connectivity index (χ2n) is 6.26. The van der Waals surface area contributed by atoms with E-state index >= 15 is 0 Å². The Morgan fingerprint density at radius 1 is 1.30 bits per heavy atom. The molecule has 1 aromatic carbocycles. The summed E-state index contributed by atoms with van der Waals surface area (Å²) in [5.74, 6) is 1.26. The van der Waals surface area contributed by atoms with Crippen molar-refractivity contribution in [2.75, 3.05) is 0 Å². The van der Waals surface area contributed by atoms with Crippen molar-refractivity contribution in [1.29, 1.82) is 0 Å². The largest absolute Gasteiger partial charge is 0.324 e. The van der Waals surface area contributed by atoms with Gasteiger partial charge in [0.25, 0.3) is 0 Å². The fraction of sp³-hybridized carbons (Fsp3) is 0.600. The maximum Gasteiger partial charge on any atom is 0.240 e. The molecule has 3 N–H and O–H groups in total. The molecule has 2 bridgehead atoms. The molecule has 4 nitrogen and oxygen atoms in total. The van der Waals surface area contributed by atoms with Gasteiger partial charge in [-0.15, -0.1) is 0 Å². The van der Waals surface area contributed by atoms with Gasteiger partial charge in [0.15, 0.2) is 0 Å². The number of nitrogens with one attached hydrogen (secondary N) is 1. The van der Waals surface area contributed by atoms with Gasteiger partial charge in [-0.25, -0.2) is 13.1 Å². The molecule has 3 rings (SSSR count). The van der Waals surface area contributed by atoms with E-state index in [9.17, 15) is 8.42 Å². The molecule has 2 aliphatic carbocycles. The van der Waals surface area contributed by atoms with Crippen molar-refractivity contribution < 1.29 is 8.42 Å². The van der Waals surface area contributed by atoms with E-state index in [1.165, 1.54) is 12.8 Å². The second kappa shape index (κ2) is 5.13. The molecular formula is C15H22N2O2S. The summed E-state index contributed by atoms with van der Waals surface area (Å²) in [6.45, 7) is 1.86. The van der Waals surface area contributed by atoms with E-state index in [0.29, 0.717) is 10.8 Å². The number of hydrogen-bond acceptors (Lipinski definition) is 3. The fourth-order valence-electron chi connectivity index (χ4n) is 3.62. The van der Waals surface area contributed by atoms with Crippen molar-refractivity contribution in [3.63, 3.8) is 0 Å². The van der Waals surface area contributed by atoms with Crippen LogP contribution in [0.5, 0.6) is 0 Å². The predicted octanol–water partition coefficient (Wildman–Crippen LogP) is 2.17. The molecule has 2 aliphatic rings. The van der Waals surface area contributed by atoms with E-state index in [4.69, 9.17) is 5.73 Å². The van der Waals surface area contributed by atoms with Crippen molar-refractivity contribution in [3.8, 4) is 0 Å². The van der Waals surface area contributed by atoms with Crippen LogP contribution in [0.25, 0.3) is 0 Å². The van der Waals surface area contributed by atoms with Gasteiger partial charge < -0.3 is 5.73 Å². The van der Waals surface area contributed by atoms with Crippen LogP contribution in [0.3, 0.4) is 0 Å². The van der Waals surface area contributed by atoms with Crippen LogP contribution >= 0.6 is 0 Å². The smallest absolute Gasteiger partial charge is 0.240 e. The molecule has 0 amide bonds. The zero-order valence-corrected chi connectivity index (χ0v) is 12.6. The van der Waals surface area contributed by atoms with E-state index in [1.807, 2.05) is 13.0 Å². The zero-order chi connectivity index (χ0) is 14.3. The molecule has 0 radical (unpaired) electrons. The Hall–Kier alpha value is -0.910. The van der Waals surface area contributed by atoms with E-state index in [1.54, 1.807) is 18.2 Å². The minimum atomic E-state index is -3.43. The van der Waals surface area contributed by atoms with Crippen molar-refractivity contribution in [2.45, 2.75) is 49.6 Å². The summed E-state index contributed by atoms with van der Waals surface area (Å²) in [6.07, 6.45) is 4.62. The molecule has 4 unspecified atom stereocenters. The summed E-state index contributed by atoms with van der Waals surface area (Å²) >= 11 is 0. The third kappa shape index (κ3) is 2.62. The molecule has 0 saturated heterocycles. The molecule has 2 fully saturated rings. The summed E-state index contributed by atoms with van der Waals surface area (Å²) < 4.78 is 27.9. The van der Waals surface area contributed by atoms with Gasteiger partial charge in [0.2, 0.25) is 10.0 Å². The Kier molecular flexibility index (Phi) is 3.60. The normalized spacial score (nSPS) is 30.6. The van der Waals surface area contributed by atoms with E-state index in [0.717, 1.165) is 24.3 Å². The Morgan fingerprint density at radius 3 is 2.70 bits per heavy atom. The Morgan fingerprint density at radius 2 is 2.10 bits per heavy atom. The second-order valence-corrected chi connectivity index (χ2v) is 7.98. The fourth-order valence-corrected chi connectivity index (χ4v) is 4.99. The van der Waals surface area contributed by atoms with Gasteiger partial charge in [-0.2, -0.15) is 0 Å². The van der Waals surface area contributed by atoms with Gasteiger partial charge in [-0.1, -0.05) is 18.6 Å². The molecule has 20 heavy (non-hydrogen) atoms. The highest BCUT2D eigenvalue weighted by atomic mass is 32.2. The van der Waals surface area contributed by atoms with Crippen LogP contribution in [0.15, 0.2) is 29.2 Å². The first-order valence-electron chi connectivity index (χ1n) is 7.33. The minimum Gasteiger partial charge on any atom is -0.324 e. The first-order chi connectivity index (χ1) is 9.45. The average molecular weight is 294 g/mol. The van der Waals surface area contributed by atoms with Crippen molar-refractivity contribution >= 4 is 10.0 Å². The summed E-state index contributed by atoms with van der Waals surface area (Å²) in [6, 6.07) is 6.90. The van der Waals surface area contributed by atoms with Crippen molar-refractivity contribution in [1.82, 2.24) is 4.72 Å². The van der Waals surface area contributed by atoms with Crippen LogP contribution in [-0.4, -0.2) is 14.5 Å². The third-order valence-corrected chi connectivity index (χ3v) is 6.23. The number of nitrogens with two attached hydrogens (primary N) is 1. The Labute approximate surface area is 120 Å². The van der Waals surface area contributed by atoms with Crippen LogP contribution in [0, 0.1) is 11.8 Å². The Bertz CT molecular complexity index is 598. The summed E-state index contributed by atoms with van der Waals surface area (Å²) in [5.41, 5.74) is 6.67. The van der Waals surface area contributed by atoms with Gasteiger partial charge in [0.05, 0.1) is 4.90 Å². The highest BCUT2D eigenvalue weighted by Gasteiger charge is 2.41. The van der Waals surface area contributed by atoms with Crippen LogP contribution in [0.2, 0.25) is 0 Å². The topological polar surface area (TPSA) is 72.2 Å². The lowest BCUT2D eigenvalue weighted by Gasteiger charge is -2.23. The zero-order valence-electron chi connectivity index (χ0n) is 11.7. The quantitative estimate of drug-likeness (QED) is 0.894. The van der Waals surface area contributed by atoms with E-state index in [-0.39, 0.29) is 12.1 Å². The molecule has 4 atom stereocenters. The maximum atomic E-state index is 12.5.